The maximum atomic E-state index is 11.8. The predicted octanol–water partition coefficient (Wildman–Crippen LogP) is 2.25. The summed E-state index contributed by atoms with van der Waals surface area (Å²) >= 11 is 0. The van der Waals surface area contributed by atoms with E-state index in [2.05, 4.69) is 12.2 Å². The van der Waals surface area contributed by atoms with Gasteiger partial charge in [0.2, 0.25) is 0 Å². The summed E-state index contributed by atoms with van der Waals surface area (Å²) in [6.45, 7) is 2.26. The lowest BCUT2D eigenvalue weighted by atomic mass is 9.87. The number of rotatable bonds is 5. The number of hydrogen-bond acceptors (Lipinski definition) is 3. The van der Waals surface area contributed by atoms with Gasteiger partial charge in [-0.2, -0.15) is 0 Å². The first-order valence-electron chi connectivity index (χ1n) is 7.29. The number of hydrogen-bond donors (Lipinski definition) is 2. The van der Waals surface area contributed by atoms with Crippen molar-refractivity contribution < 1.29 is 14.6 Å². The molecule has 0 bridgehead atoms. The van der Waals surface area contributed by atoms with Gasteiger partial charge in [-0.25, -0.2) is 0 Å². The van der Waals surface area contributed by atoms with Gasteiger partial charge in [-0.3, -0.25) is 4.79 Å². The standard InChI is InChI=1S/C16H23NO3/c1-12-5-7-14(8-6-12)17-16(19)11-20-15-4-2-3-13(9-15)10-18/h2-4,9,12,14,18H,5-8,10-11H2,1H3,(H,17,19). The SMILES string of the molecule is CC1CCC(NC(=O)COc2cccc(CO)c2)CC1. The fraction of sp³-hybridized carbons (Fsp3) is 0.562. The van der Waals surface area contributed by atoms with E-state index in [1.807, 2.05) is 6.07 Å². The fourth-order valence-electron chi connectivity index (χ4n) is 2.56. The number of carbonyl (C=O) groups is 1. The molecule has 1 amide bonds. The quantitative estimate of drug-likeness (QED) is 0.868. The topological polar surface area (TPSA) is 58.6 Å². The third-order valence-corrected chi connectivity index (χ3v) is 3.83. The zero-order chi connectivity index (χ0) is 14.4. The molecule has 1 aromatic rings. The third kappa shape index (κ3) is 4.53. The molecule has 1 saturated carbocycles. The van der Waals surface area contributed by atoms with E-state index in [4.69, 9.17) is 9.84 Å². The zero-order valence-corrected chi connectivity index (χ0v) is 12.0. The Morgan fingerprint density at radius 2 is 2.10 bits per heavy atom. The summed E-state index contributed by atoms with van der Waals surface area (Å²) < 4.78 is 5.45. The molecule has 0 saturated heterocycles. The minimum atomic E-state index is -0.0704. The lowest BCUT2D eigenvalue weighted by Gasteiger charge is -2.26. The second-order valence-electron chi connectivity index (χ2n) is 5.62. The number of ether oxygens (including phenoxy) is 1. The number of nitrogens with one attached hydrogen (secondary N) is 1. The molecule has 2 N–H and O–H groups in total. The monoisotopic (exact) mass is 277 g/mol. The molecule has 2 rings (SSSR count). The molecule has 20 heavy (non-hydrogen) atoms. The van der Waals surface area contributed by atoms with Crippen molar-refractivity contribution in [2.45, 2.75) is 45.3 Å². The Labute approximate surface area is 120 Å². The molecule has 1 aliphatic rings. The van der Waals surface area contributed by atoms with E-state index in [0.717, 1.165) is 24.3 Å². The molecule has 0 spiro atoms. The van der Waals surface area contributed by atoms with Crippen LogP contribution in [0.25, 0.3) is 0 Å². The van der Waals surface area contributed by atoms with Crippen molar-refractivity contribution in [3.05, 3.63) is 29.8 Å². The number of aliphatic hydroxyl groups excluding tert-OH is 1. The van der Waals surface area contributed by atoms with Crippen molar-refractivity contribution in [1.82, 2.24) is 5.32 Å². The van der Waals surface area contributed by atoms with Gasteiger partial charge >= 0.3 is 0 Å². The van der Waals surface area contributed by atoms with Crippen molar-refractivity contribution in [2.75, 3.05) is 6.61 Å². The lowest BCUT2D eigenvalue weighted by molar-refractivity contribution is -0.124. The Bertz CT molecular complexity index is 439. The first-order valence-corrected chi connectivity index (χ1v) is 7.29. The van der Waals surface area contributed by atoms with E-state index in [1.54, 1.807) is 18.2 Å². The van der Waals surface area contributed by atoms with Crippen LogP contribution in [0.1, 0.15) is 38.2 Å². The summed E-state index contributed by atoms with van der Waals surface area (Å²) in [5, 5.41) is 12.1. The van der Waals surface area contributed by atoms with Crippen molar-refractivity contribution >= 4 is 5.91 Å². The van der Waals surface area contributed by atoms with Crippen molar-refractivity contribution in [3.8, 4) is 5.75 Å². The Hall–Kier alpha value is -1.55. The van der Waals surface area contributed by atoms with Gasteiger partial charge in [0.25, 0.3) is 5.91 Å². The van der Waals surface area contributed by atoms with Gasteiger partial charge in [-0.05, 0) is 49.3 Å². The summed E-state index contributed by atoms with van der Waals surface area (Å²) in [4.78, 5) is 11.8. The average Bonchev–Trinajstić information content (AvgIpc) is 2.48. The molecule has 0 unspecified atom stereocenters. The first kappa shape index (κ1) is 14.9. The normalized spacial score (nSPS) is 22.3. The van der Waals surface area contributed by atoms with E-state index in [-0.39, 0.29) is 19.1 Å². The highest BCUT2D eigenvalue weighted by Crippen LogP contribution is 2.23. The molecule has 0 radical (unpaired) electrons. The van der Waals surface area contributed by atoms with Gasteiger partial charge in [0.15, 0.2) is 6.61 Å². The van der Waals surface area contributed by atoms with E-state index in [0.29, 0.717) is 11.8 Å². The van der Waals surface area contributed by atoms with Crippen LogP contribution in [0.3, 0.4) is 0 Å². The van der Waals surface area contributed by atoms with Crippen LogP contribution >= 0.6 is 0 Å². The van der Waals surface area contributed by atoms with Crippen molar-refractivity contribution in [1.29, 1.82) is 0 Å². The van der Waals surface area contributed by atoms with Crippen LogP contribution in [-0.4, -0.2) is 23.7 Å². The Kier molecular flexibility index (Phi) is 5.41. The van der Waals surface area contributed by atoms with Crippen LogP contribution < -0.4 is 10.1 Å². The third-order valence-electron chi connectivity index (χ3n) is 3.83. The van der Waals surface area contributed by atoms with Gasteiger partial charge in [-0.15, -0.1) is 0 Å². The number of benzene rings is 1. The fourth-order valence-corrected chi connectivity index (χ4v) is 2.56. The highest BCUT2D eigenvalue weighted by Gasteiger charge is 2.19. The van der Waals surface area contributed by atoms with E-state index < -0.39 is 0 Å². The minimum Gasteiger partial charge on any atom is -0.484 e. The van der Waals surface area contributed by atoms with Gasteiger partial charge in [0, 0.05) is 6.04 Å². The van der Waals surface area contributed by atoms with Crippen LogP contribution in [-0.2, 0) is 11.4 Å². The number of amides is 1. The van der Waals surface area contributed by atoms with Crippen molar-refractivity contribution in [2.24, 2.45) is 5.92 Å². The van der Waals surface area contributed by atoms with Gasteiger partial charge < -0.3 is 15.2 Å². The predicted molar refractivity (Wildman–Crippen MR) is 77.4 cm³/mol. The zero-order valence-electron chi connectivity index (χ0n) is 12.0. The highest BCUT2D eigenvalue weighted by atomic mass is 16.5. The van der Waals surface area contributed by atoms with Crippen LogP contribution in [0, 0.1) is 5.92 Å². The second-order valence-corrected chi connectivity index (χ2v) is 5.62. The van der Waals surface area contributed by atoms with Crippen molar-refractivity contribution in [3.63, 3.8) is 0 Å². The molecule has 1 fully saturated rings. The maximum Gasteiger partial charge on any atom is 0.258 e. The van der Waals surface area contributed by atoms with E-state index >= 15 is 0 Å². The summed E-state index contributed by atoms with van der Waals surface area (Å²) in [6, 6.07) is 7.45. The Morgan fingerprint density at radius 1 is 1.35 bits per heavy atom. The largest absolute Gasteiger partial charge is 0.484 e. The van der Waals surface area contributed by atoms with Crippen LogP contribution in [0.2, 0.25) is 0 Å². The molecule has 110 valence electrons. The van der Waals surface area contributed by atoms with E-state index in [1.165, 1.54) is 12.8 Å². The average molecular weight is 277 g/mol. The summed E-state index contributed by atoms with van der Waals surface area (Å²) in [5.41, 5.74) is 0.782. The molecule has 4 heteroatoms. The molecular formula is C16H23NO3. The Balaban J connectivity index is 1.74. The smallest absolute Gasteiger partial charge is 0.258 e. The van der Waals surface area contributed by atoms with Gasteiger partial charge in [-0.1, -0.05) is 19.1 Å². The van der Waals surface area contributed by atoms with Gasteiger partial charge in [0.05, 0.1) is 6.61 Å². The van der Waals surface area contributed by atoms with Crippen LogP contribution in [0.4, 0.5) is 0 Å². The van der Waals surface area contributed by atoms with Crippen LogP contribution in [0.15, 0.2) is 24.3 Å². The molecule has 1 aliphatic carbocycles. The van der Waals surface area contributed by atoms with Crippen LogP contribution in [0.5, 0.6) is 5.75 Å². The number of carbonyl (C=O) groups excluding carboxylic acids is 1. The maximum absolute atomic E-state index is 11.8. The molecule has 4 nitrogen and oxygen atoms in total. The highest BCUT2D eigenvalue weighted by molar-refractivity contribution is 5.77. The van der Waals surface area contributed by atoms with E-state index in [9.17, 15) is 4.79 Å². The number of aliphatic hydroxyl groups is 1. The molecule has 0 aliphatic heterocycles. The molecule has 0 atom stereocenters. The molecule has 0 aromatic heterocycles. The summed E-state index contributed by atoms with van der Waals surface area (Å²) in [6.07, 6.45) is 4.49. The second kappa shape index (κ2) is 7.29. The summed E-state index contributed by atoms with van der Waals surface area (Å²) in [7, 11) is 0. The first-order chi connectivity index (χ1) is 9.67. The molecule has 1 aromatic carbocycles. The molecule has 0 heterocycles. The lowest BCUT2D eigenvalue weighted by Crippen LogP contribution is -2.39. The minimum absolute atomic E-state index is 0.0242. The Morgan fingerprint density at radius 3 is 2.80 bits per heavy atom. The summed E-state index contributed by atoms with van der Waals surface area (Å²) in [5.74, 6) is 1.32. The molecular weight excluding hydrogens is 254 g/mol. The van der Waals surface area contributed by atoms with Gasteiger partial charge in [0.1, 0.15) is 5.75 Å².